The van der Waals surface area contributed by atoms with E-state index in [1.165, 1.54) is 0 Å². The van der Waals surface area contributed by atoms with E-state index in [1.807, 2.05) is 24.3 Å². The van der Waals surface area contributed by atoms with Crippen molar-refractivity contribution in [2.45, 2.75) is 19.9 Å². The van der Waals surface area contributed by atoms with Crippen LogP contribution in [-0.2, 0) is 6.54 Å². The largest absolute Gasteiger partial charge is 0.396 e. The zero-order valence-electron chi connectivity index (χ0n) is 11.1. The molecule has 0 saturated carbocycles. The first-order valence-corrected chi connectivity index (χ1v) is 6.99. The van der Waals surface area contributed by atoms with Crippen LogP contribution in [0.25, 0.3) is 10.9 Å². The first-order chi connectivity index (χ1) is 9.24. The Morgan fingerprint density at radius 2 is 2.11 bits per heavy atom. The number of aliphatic hydroxyl groups excluding tert-OH is 1. The molecule has 4 heteroatoms. The van der Waals surface area contributed by atoms with Crippen molar-refractivity contribution in [1.29, 1.82) is 0 Å². The summed E-state index contributed by atoms with van der Waals surface area (Å²) in [6.07, 6.45) is 0.784. The number of aromatic nitrogens is 1. The third kappa shape index (κ3) is 3.66. The minimum Gasteiger partial charge on any atom is -0.396 e. The SMILES string of the molecule is CCN(CCCO)Cc1cc2ccccc2nc1Cl. The molecule has 1 N–H and O–H groups in total. The second-order valence-corrected chi connectivity index (χ2v) is 4.93. The molecular weight excluding hydrogens is 260 g/mol. The molecule has 0 fully saturated rings. The minimum atomic E-state index is 0.222. The first-order valence-electron chi connectivity index (χ1n) is 6.62. The van der Waals surface area contributed by atoms with Gasteiger partial charge in [0, 0.05) is 30.6 Å². The number of fused-ring (bicyclic) bond motifs is 1. The molecule has 1 aromatic carbocycles. The van der Waals surface area contributed by atoms with Crippen LogP contribution in [-0.4, -0.2) is 34.7 Å². The summed E-state index contributed by atoms with van der Waals surface area (Å²) in [6.45, 7) is 4.91. The molecular formula is C15H19ClN2O. The van der Waals surface area contributed by atoms with Gasteiger partial charge in [-0.1, -0.05) is 36.7 Å². The maximum atomic E-state index is 8.91. The monoisotopic (exact) mass is 278 g/mol. The van der Waals surface area contributed by atoms with Gasteiger partial charge in [0.1, 0.15) is 5.15 Å². The molecule has 0 aliphatic carbocycles. The van der Waals surface area contributed by atoms with Crippen LogP contribution >= 0.6 is 11.6 Å². The number of nitrogens with zero attached hydrogens (tertiary/aromatic N) is 2. The van der Waals surface area contributed by atoms with E-state index in [1.54, 1.807) is 0 Å². The van der Waals surface area contributed by atoms with Crippen molar-refractivity contribution in [1.82, 2.24) is 9.88 Å². The third-order valence-electron chi connectivity index (χ3n) is 3.22. The summed E-state index contributed by atoms with van der Waals surface area (Å²) in [5.41, 5.74) is 1.97. The van der Waals surface area contributed by atoms with Gasteiger partial charge in [0.15, 0.2) is 0 Å². The number of halogens is 1. The molecule has 0 aliphatic heterocycles. The molecule has 0 spiro atoms. The molecule has 2 rings (SSSR count). The highest BCUT2D eigenvalue weighted by molar-refractivity contribution is 6.30. The summed E-state index contributed by atoms with van der Waals surface area (Å²) in [5.74, 6) is 0. The highest BCUT2D eigenvalue weighted by Gasteiger charge is 2.09. The van der Waals surface area contributed by atoms with E-state index < -0.39 is 0 Å². The second kappa shape index (κ2) is 6.85. The second-order valence-electron chi connectivity index (χ2n) is 4.58. The van der Waals surface area contributed by atoms with Gasteiger partial charge in [0.05, 0.1) is 5.52 Å². The van der Waals surface area contributed by atoms with Crippen LogP contribution in [0, 0.1) is 0 Å². The molecule has 102 valence electrons. The van der Waals surface area contributed by atoms with Gasteiger partial charge in [-0.2, -0.15) is 0 Å². The molecule has 19 heavy (non-hydrogen) atoms. The Balaban J connectivity index is 2.21. The number of aliphatic hydroxyl groups is 1. The normalized spacial score (nSPS) is 11.4. The Morgan fingerprint density at radius 1 is 1.32 bits per heavy atom. The number of benzene rings is 1. The molecule has 0 amide bonds. The van der Waals surface area contributed by atoms with Gasteiger partial charge >= 0.3 is 0 Å². The lowest BCUT2D eigenvalue weighted by Crippen LogP contribution is -2.25. The van der Waals surface area contributed by atoms with Crippen LogP contribution in [0.4, 0.5) is 0 Å². The Labute approximate surface area is 118 Å². The van der Waals surface area contributed by atoms with Crippen molar-refractivity contribution < 1.29 is 5.11 Å². The summed E-state index contributed by atoms with van der Waals surface area (Å²) in [7, 11) is 0. The molecule has 3 nitrogen and oxygen atoms in total. The van der Waals surface area contributed by atoms with Crippen molar-refractivity contribution >= 4 is 22.5 Å². The smallest absolute Gasteiger partial charge is 0.134 e. The van der Waals surface area contributed by atoms with E-state index >= 15 is 0 Å². The zero-order valence-corrected chi connectivity index (χ0v) is 11.9. The van der Waals surface area contributed by atoms with Crippen molar-refractivity contribution in [3.05, 3.63) is 41.0 Å². The summed E-state index contributed by atoms with van der Waals surface area (Å²) in [4.78, 5) is 6.69. The molecule has 0 radical (unpaired) electrons. The quantitative estimate of drug-likeness (QED) is 0.825. The van der Waals surface area contributed by atoms with Gasteiger partial charge in [-0.05, 0) is 25.1 Å². The number of hydrogen-bond acceptors (Lipinski definition) is 3. The predicted octanol–water partition coefficient (Wildman–Crippen LogP) is 3.09. The van der Waals surface area contributed by atoms with E-state index in [2.05, 4.69) is 22.9 Å². The summed E-state index contributed by atoms with van der Waals surface area (Å²) < 4.78 is 0. The topological polar surface area (TPSA) is 36.4 Å². The van der Waals surface area contributed by atoms with Crippen LogP contribution in [0.5, 0.6) is 0 Å². The predicted molar refractivity (Wildman–Crippen MR) is 79.4 cm³/mol. The molecule has 1 heterocycles. The zero-order chi connectivity index (χ0) is 13.7. The van der Waals surface area contributed by atoms with Gasteiger partial charge < -0.3 is 5.11 Å². The maximum absolute atomic E-state index is 8.91. The number of hydrogen-bond donors (Lipinski definition) is 1. The Bertz CT molecular complexity index is 545. The standard InChI is InChI=1S/C15H19ClN2O/c1-2-18(8-5-9-19)11-13-10-12-6-3-4-7-14(12)17-15(13)16/h3-4,6-7,10,19H,2,5,8-9,11H2,1H3. The summed E-state index contributed by atoms with van der Waals surface area (Å²) >= 11 is 6.25. The van der Waals surface area contributed by atoms with E-state index in [0.717, 1.165) is 42.5 Å². The van der Waals surface area contributed by atoms with E-state index in [9.17, 15) is 0 Å². The number of rotatable bonds is 6. The fourth-order valence-electron chi connectivity index (χ4n) is 2.13. The maximum Gasteiger partial charge on any atom is 0.134 e. The number of para-hydroxylation sites is 1. The first kappa shape index (κ1) is 14.3. The van der Waals surface area contributed by atoms with Crippen molar-refractivity contribution in [3.8, 4) is 0 Å². The molecule has 0 aliphatic rings. The average molecular weight is 279 g/mol. The Morgan fingerprint density at radius 3 is 2.84 bits per heavy atom. The van der Waals surface area contributed by atoms with Crippen LogP contribution < -0.4 is 0 Å². The molecule has 0 saturated heterocycles. The van der Waals surface area contributed by atoms with Gasteiger partial charge in [0.25, 0.3) is 0 Å². The van der Waals surface area contributed by atoms with Crippen LogP contribution in [0.2, 0.25) is 5.15 Å². The van der Waals surface area contributed by atoms with Gasteiger partial charge in [0.2, 0.25) is 0 Å². The van der Waals surface area contributed by atoms with Gasteiger partial charge in [-0.15, -0.1) is 0 Å². The molecule has 1 aromatic heterocycles. The highest BCUT2D eigenvalue weighted by Crippen LogP contribution is 2.21. The van der Waals surface area contributed by atoms with Crippen LogP contribution in [0.15, 0.2) is 30.3 Å². The molecule has 2 aromatic rings. The average Bonchev–Trinajstić information content (AvgIpc) is 2.43. The third-order valence-corrected chi connectivity index (χ3v) is 3.55. The minimum absolute atomic E-state index is 0.222. The van der Waals surface area contributed by atoms with Crippen molar-refractivity contribution in [2.24, 2.45) is 0 Å². The lowest BCUT2D eigenvalue weighted by molar-refractivity contribution is 0.225. The lowest BCUT2D eigenvalue weighted by Gasteiger charge is -2.20. The molecule has 0 bridgehead atoms. The van der Waals surface area contributed by atoms with Crippen molar-refractivity contribution in [3.63, 3.8) is 0 Å². The molecule has 0 unspecified atom stereocenters. The lowest BCUT2D eigenvalue weighted by atomic mass is 10.1. The molecule has 0 atom stereocenters. The fourth-order valence-corrected chi connectivity index (χ4v) is 2.34. The summed E-state index contributed by atoms with van der Waals surface area (Å²) in [6, 6.07) is 10.1. The van der Waals surface area contributed by atoms with Crippen LogP contribution in [0.1, 0.15) is 18.9 Å². The van der Waals surface area contributed by atoms with Gasteiger partial charge in [-0.3, -0.25) is 4.90 Å². The summed E-state index contributed by atoms with van der Waals surface area (Å²) in [5, 5.41) is 10.6. The fraction of sp³-hybridized carbons (Fsp3) is 0.400. The van der Waals surface area contributed by atoms with Crippen molar-refractivity contribution in [2.75, 3.05) is 19.7 Å². The Kier molecular flexibility index (Phi) is 5.14. The van der Waals surface area contributed by atoms with E-state index in [0.29, 0.717) is 5.15 Å². The van der Waals surface area contributed by atoms with E-state index in [-0.39, 0.29) is 6.61 Å². The van der Waals surface area contributed by atoms with E-state index in [4.69, 9.17) is 16.7 Å². The number of pyridine rings is 1. The Hall–Kier alpha value is -1.16. The highest BCUT2D eigenvalue weighted by atomic mass is 35.5. The van der Waals surface area contributed by atoms with Crippen LogP contribution in [0.3, 0.4) is 0 Å². The van der Waals surface area contributed by atoms with Gasteiger partial charge in [-0.25, -0.2) is 4.98 Å².